The Bertz CT molecular complexity index is 721. The van der Waals surface area contributed by atoms with Crippen LogP contribution in [0.5, 0.6) is 5.75 Å². The van der Waals surface area contributed by atoms with Crippen molar-refractivity contribution in [1.82, 2.24) is 20.6 Å². The molecule has 0 atom stereocenters. The lowest BCUT2D eigenvalue weighted by molar-refractivity contribution is -0.122. The number of hydrazine groups is 1. The second-order valence-electron chi connectivity index (χ2n) is 6.00. The average Bonchev–Trinajstić information content (AvgIpc) is 3.23. The fraction of sp³-hybridized carbons (Fsp3) is 0.353. The van der Waals surface area contributed by atoms with Crippen molar-refractivity contribution in [3.63, 3.8) is 0 Å². The molecule has 126 valence electrons. The van der Waals surface area contributed by atoms with Crippen LogP contribution in [0.2, 0.25) is 0 Å². The van der Waals surface area contributed by atoms with E-state index in [0.29, 0.717) is 12.3 Å². The van der Waals surface area contributed by atoms with Crippen molar-refractivity contribution in [1.29, 1.82) is 0 Å². The van der Waals surface area contributed by atoms with Crippen molar-refractivity contribution in [2.45, 2.75) is 32.1 Å². The van der Waals surface area contributed by atoms with Crippen LogP contribution in [-0.4, -0.2) is 26.7 Å². The first-order valence-electron chi connectivity index (χ1n) is 8.06. The molecular weight excluding hydrogens is 308 g/mol. The molecule has 2 aromatic rings. The van der Waals surface area contributed by atoms with E-state index >= 15 is 0 Å². The van der Waals surface area contributed by atoms with Gasteiger partial charge in [-0.1, -0.05) is 31.0 Å². The van der Waals surface area contributed by atoms with Crippen molar-refractivity contribution in [2.75, 3.05) is 0 Å². The van der Waals surface area contributed by atoms with Gasteiger partial charge in [0.25, 0.3) is 5.91 Å². The second-order valence-corrected chi connectivity index (χ2v) is 6.00. The van der Waals surface area contributed by atoms with Crippen molar-refractivity contribution >= 4 is 11.8 Å². The number of aromatic hydroxyl groups is 1. The van der Waals surface area contributed by atoms with Crippen LogP contribution >= 0.6 is 0 Å². The number of rotatable bonds is 4. The fourth-order valence-corrected chi connectivity index (χ4v) is 2.95. The van der Waals surface area contributed by atoms with Crippen molar-refractivity contribution < 1.29 is 14.7 Å². The van der Waals surface area contributed by atoms with Gasteiger partial charge in [-0.3, -0.25) is 20.4 Å². The number of nitrogens with one attached hydrogen (secondary N) is 2. The maximum atomic E-state index is 12.1. The number of amides is 2. The predicted octanol–water partition coefficient (Wildman–Crippen LogP) is 1.92. The monoisotopic (exact) mass is 328 g/mol. The van der Waals surface area contributed by atoms with E-state index < -0.39 is 5.91 Å². The van der Waals surface area contributed by atoms with E-state index in [1.165, 1.54) is 10.9 Å². The Labute approximate surface area is 139 Å². The number of nitrogens with zero attached hydrogens (tertiary/aromatic N) is 2. The van der Waals surface area contributed by atoms with Crippen LogP contribution in [0.3, 0.4) is 0 Å². The molecule has 1 aromatic heterocycles. The van der Waals surface area contributed by atoms with Crippen LogP contribution < -0.4 is 10.9 Å². The first-order chi connectivity index (χ1) is 11.6. The molecule has 1 aliphatic carbocycles. The molecule has 3 N–H and O–H groups in total. The summed E-state index contributed by atoms with van der Waals surface area (Å²) in [5.41, 5.74) is 5.27. The Balaban J connectivity index is 1.59. The second kappa shape index (κ2) is 7.16. The molecule has 7 nitrogen and oxygen atoms in total. The molecule has 1 heterocycles. The third-order valence-corrected chi connectivity index (χ3v) is 4.20. The summed E-state index contributed by atoms with van der Waals surface area (Å²) in [5.74, 6) is -0.729. The smallest absolute Gasteiger partial charge is 0.294 e. The van der Waals surface area contributed by atoms with Gasteiger partial charge in [-0.25, -0.2) is 4.68 Å². The SMILES string of the molecule is O=C(CC1CCCC1)NNC(=O)c1nn(-c2ccccc2)cc1O. The van der Waals surface area contributed by atoms with Gasteiger partial charge in [0.2, 0.25) is 5.91 Å². The van der Waals surface area contributed by atoms with E-state index in [0.717, 1.165) is 31.4 Å². The van der Waals surface area contributed by atoms with E-state index in [-0.39, 0.29) is 17.4 Å². The quantitative estimate of drug-likeness (QED) is 0.747. The first-order valence-corrected chi connectivity index (χ1v) is 8.06. The standard InChI is InChI=1S/C17H20N4O3/c22-14-11-21(13-8-2-1-3-9-13)20-16(14)17(24)19-18-15(23)10-12-6-4-5-7-12/h1-3,8-9,11-12,22H,4-7,10H2,(H,18,23)(H,19,24). The molecule has 2 amide bonds. The Morgan fingerprint density at radius 2 is 1.88 bits per heavy atom. The highest BCUT2D eigenvalue weighted by atomic mass is 16.3. The molecule has 0 aliphatic heterocycles. The first kappa shape index (κ1) is 16.0. The van der Waals surface area contributed by atoms with Crippen LogP contribution in [0.4, 0.5) is 0 Å². The molecule has 24 heavy (non-hydrogen) atoms. The summed E-state index contributed by atoms with van der Waals surface area (Å²) in [4.78, 5) is 23.9. The van der Waals surface area contributed by atoms with Gasteiger partial charge >= 0.3 is 0 Å². The van der Waals surface area contributed by atoms with Gasteiger partial charge < -0.3 is 5.11 Å². The number of carbonyl (C=O) groups excluding carboxylic acids is 2. The maximum Gasteiger partial charge on any atom is 0.294 e. The van der Waals surface area contributed by atoms with Crippen LogP contribution in [-0.2, 0) is 4.79 Å². The van der Waals surface area contributed by atoms with Crippen LogP contribution in [0.1, 0.15) is 42.6 Å². The molecule has 0 radical (unpaired) electrons. The van der Waals surface area contributed by atoms with Gasteiger partial charge in [-0.2, -0.15) is 5.10 Å². The van der Waals surface area contributed by atoms with Gasteiger partial charge in [0.15, 0.2) is 11.4 Å². The zero-order valence-electron chi connectivity index (χ0n) is 13.2. The summed E-state index contributed by atoms with van der Waals surface area (Å²) in [6.45, 7) is 0. The minimum absolute atomic E-state index is 0.139. The molecule has 0 saturated heterocycles. The van der Waals surface area contributed by atoms with E-state index in [1.807, 2.05) is 18.2 Å². The van der Waals surface area contributed by atoms with E-state index in [1.54, 1.807) is 12.1 Å². The third-order valence-electron chi connectivity index (χ3n) is 4.20. The molecular formula is C17H20N4O3. The molecule has 0 spiro atoms. The topological polar surface area (TPSA) is 96.3 Å². The van der Waals surface area contributed by atoms with Crippen LogP contribution in [0.25, 0.3) is 5.69 Å². The number of carbonyl (C=O) groups is 2. The number of aromatic nitrogens is 2. The molecule has 1 aromatic carbocycles. The number of benzene rings is 1. The van der Waals surface area contributed by atoms with Crippen LogP contribution in [0.15, 0.2) is 36.5 Å². The Kier molecular flexibility index (Phi) is 4.79. The lowest BCUT2D eigenvalue weighted by atomic mass is 10.0. The Hall–Kier alpha value is -2.83. The molecule has 1 fully saturated rings. The molecule has 1 saturated carbocycles. The molecule has 0 unspecified atom stereocenters. The number of hydrogen-bond donors (Lipinski definition) is 3. The molecule has 3 rings (SSSR count). The summed E-state index contributed by atoms with van der Waals surface area (Å²) in [6, 6.07) is 9.13. The number of hydrogen-bond acceptors (Lipinski definition) is 4. The fourth-order valence-electron chi connectivity index (χ4n) is 2.95. The van der Waals surface area contributed by atoms with Gasteiger partial charge in [-0.05, 0) is 30.9 Å². The zero-order chi connectivity index (χ0) is 16.9. The average molecular weight is 328 g/mol. The highest BCUT2D eigenvalue weighted by molar-refractivity contribution is 5.95. The predicted molar refractivity (Wildman–Crippen MR) is 87.4 cm³/mol. The van der Waals surface area contributed by atoms with E-state index in [4.69, 9.17) is 0 Å². The molecule has 0 bridgehead atoms. The summed E-state index contributed by atoms with van der Waals surface area (Å²) in [6.07, 6.45) is 6.20. The summed E-state index contributed by atoms with van der Waals surface area (Å²) in [5, 5.41) is 14.0. The number of para-hydroxylation sites is 1. The van der Waals surface area contributed by atoms with Gasteiger partial charge in [-0.15, -0.1) is 0 Å². The Morgan fingerprint density at radius 1 is 1.17 bits per heavy atom. The summed E-state index contributed by atoms with van der Waals surface area (Å²) >= 11 is 0. The molecule has 1 aliphatic rings. The lowest BCUT2D eigenvalue weighted by Crippen LogP contribution is -2.42. The third kappa shape index (κ3) is 3.73. The maximum absolute atomic E-state index is 12.1. The van der Waals surface area contributed by atoms with Gasteiger partial charge in [0.1, 0.15) is 0 Å². The minimum Gasteiger partial charge on any atom is -0.504 e. The van der Waals surface area contributed by atoms with Gasteiger partial charge in [0, 0.05) is 6.42 Å². The van der Waals surface area contributed by atoms with Crippen molar-refractivity contribution in [3.05, 3.63) is 42.2 Å². The largest absolute Gasteiger partial charge is 0.504 e. The van der Waals surface area contributed by atoms with E-state index in [9.17, 15) is 14.7 Å². The Morgan fingerprint density at radius 3 is 2.58 bits per heavy atom. The summed E-state index contributed by atoms with van der Waals surface area (Å²) < 4.78 is 1.41. The lowest BCUT2D eigenvalue weighted by Gasteiger charge is -2.09. The van der Waals surface area contributed by atoms with Crippen molar-refractivity contribution in [2.24, 2.45) is 5.92 Å². The normalized spacial score (nSPS) is 14.5. The van der Waals surface area contributed by atoms with Gasteiger partial charge in [0.05, 0.1) is 11.9 Å². The van der Waals surface area contributed by atoms with Crippen LogP contribution in [0, 0.1) is 5.92 Å². The van der Waals surface area contributed by atoms with Crippen molar-refractivity contribution in [3.8, 4) is 11.4 Å². The highest BCUT2D eigenvalue weighted by Gasteiger charge is 2.20. The van der Waals surface area contributed by atoms with E-state index in [2.05, 4.69) is 16.0 Å². The zero-order valence-corrected chi connectivity index (χ0v) is 13.2. The minimum atomic E-state index is -0.651. The summed E-state index contributed by atoms with van der Waals surface area (Å²) in [7, 11) is 0. The molecule has 7 heteroatoms. The highest BCUT2D eigenvalue weighted by Crippen LogP contribution is 2.27.